The Kier molecular flexibility index (Phi) is 4.79. The van der Waals surface area contributed by atoms with Gasteiger partial charge in [-0.3, -0.25) is 4.90 Å². The Balaban J connectivity index is 1.60. The second-order valence-electron chi connectivity index (χ2n) is 6.42. The largest absolute Gasteiger partial charge is 0.468 e. The molecular formula is C17H28N2O. The highest BCUT2D eigenvalue weighted by Gasteiger charge is 2.35. The van der Waals surface area contributed by atoms with Gasteiger partial charge in [0.05, 0.1) is 12.8 Å². The average molecular weight is 276 g/mol. The van der Waals surface area contributed by atoms with Crippen molar-refractivity contribution in [1.29, 1.82) is 0 Å². The van der Waals surface area contributed by atoms with Crippen LogP contribution >= 0.6 is 0 Å². The highest BCUT2D eigenvalue weighted by Crippen LogP contribution is 2.37. The molecule has 1 aromatic rings. The number of hydrogen-bond donors (Lipinski definition) is 1. The van der Waals surface area contributed by atoms with Crippen molar-refractivity contribution in [2.75, 3.05) is 13.1 Å². The normalized spacial score (nSPS) is 26.9. The van der Waals surface area contributed by atoms with Crippen LogP contribution in [0.2, 0.25) is 0 Å². The third kappa shape index (κ3) is 3.09. The molecule has 112 valence electrons. The number of hydrogen-bond acceptors (Lipinski definition) is 3. The Morgan fingerprint density at radius 2 is 2.20 bits per heavy atom. The fraction of sp³-hybridized carbons (Fsp3) is 0.765. The lowest BCUT2D eigenvalue weighted by atomic mass is 9.91. The Bertz CT molecular complexity index is 415. The molecule has 1 aliphatic carbocycles. The summed E-state index contributed by atoms with van der Waals surface area (Å²) >= 11 is 0. The molecule has 1 saturated heterocycles. The molecule has 1 saturated carbocycles. The fourth-order valence-electron chi connectivity index (χ4n) is 4.01. The van der Waals surface area contributed by atoms with Gasteiger partial charge in [-0.15, -0.1) is 0 Å². The summed E-state index contributed by atoms with van der Waals surface area (Å²) in [5, 5.41) is 3.45. The molecule has 2 unspecified atom stereocenters. The van der Waals surface area contributed by atoms with Crippen LogP contribution in [0.5, 0.6) is 0 Å². The zero-order valence-corrected chi connectivity index (χ0v) is 12.7. The Hall–Kier alpha value is -0.800. The molecule has 0 amide bonds. The first-order valence-electron chi connectivity index (χ1n) is 8.38. The van der Waals surface area contributed by atoms with Crippen molar-refractivity contribution < 1.29 is 4.42 Å². The van der Waals surface area contributed by atoms with Crippen molar-refractivity contribution in [3.05, 3.63) is 23.7 Å². The molecule has 1 N–H and O–H groups in total. The fourth-order valence-corrected chi connectivity index (χ4v) is 4.01. The van der Waals surface area contributed by atoms with Crippen LogP contribution in [0.15, 0.2) is 16.7 Å². The van der Waals surface area contributed by atoms with Crippen LogP contribution in [0.3, 0.4) is 0 Å². The van der Waals surface area contributed by atoms with Gasteiger partial charge < -0.3 is 9.73 Å². The van der Waals surface area contributed by atoms with Crippen LogP contribution in [0.1, 0.15) is 56.8 Å². The molecule has 3 rings (SSSR count). The van der Waals surface area contributed by atoms with Crippen molar-refractivity contribution in [2.24, 2.45) is 5.92 Å². The zero-order valence-electron chi connectivity index (χ0n) is 12.7. The van der Waals surface area contributed by atoms with Gasteiger partial charge in [0.25, 0.3) is 0 Å². The van der Waals surface area contributed by atoms with Gasteiger partial charge in [0.1, 0.15) is 5.76 Å². The van der Waals surface area contributed by atoms with E-state index in [1.807, 2.05) is 6.26 Å². The molecule has 0 bridgehead atoms. The third-order valence-electron chi connectivity index (χ3n) is 5.03. The van der Waals surface area contributed by atoms with Gasteiger partial charge >= 0.3 is 0 Å². The molecule has 2 atom stereocenters. The second-order valence-corrected chi connectivity index (χ2v) is 6.42. The van der Waals surface area contributed by atoms with Gasteiger partial charge in [-0.1, -0.05) is 13.3 Å². The summed E-state index contributed by atoms with van der Waals surface area (Å²) in [6.45, 7) is 6.49. The van der Waals surface area contributed by atoms with Gasteiger partial charge in [0.2, 0.25) is 0 Å². The predicted octanol–water partition coefficient (Wildman–Crippen LogP) is 3.54. The van der Waals surface area contributed by atoms with Gasteiger partial charge in [-0.05, 0) is 57.2 Å². The Morgan fingerprint density at radius 3 is 3.10 bits per heavy atom. The first-order valence-corrected chi connectivity index (χ1v) is 8.38. The molecule has 2 heterocycles. The van der Waals surface area contributed by atoms with Crippen molar-refractivity contribution in [1.82, 2.24) is 10.2 Å². The smallest absolute Gasteiger partial charge is 0.122 e. The average Bonchev–Trinajstić information content (AvgIpc) is 3.09. The van der Waals surface area contributed by atoms with E-state index in [0.717, 1.165) is 37.4 Å². The summed E-state index contributed by atoms with van der Waals surface area (Å²) < 4.78 is 5.67. The summed E-state index contributed by atoms with van der Waals surface area (Å²) in [5.41, 5.74) is 1.39. The minimum absolute atomic E-state index is 0.843. The van der Waals surface area contributed by atoms with Crippen LogP contribution in [0.4, 0.5) is 0 Å². The maximum atomic E-state index is 5.67. The number of furan rings is 1. The van der Waals surface area contributed by atoms with E-state index in [1.54, 1.807) is 0 Å². The van der Waals surface area contributed by atoms with E-state index in [0.29, 0.717) is 0 Å². The van der Waals surface area contributed by atoms with Crippen molar-refractivity contribution >= 4 is 0 Å². The second kappa shape index (κ2) is 6.77. The van der Waals surface area contributed by atoms with E-state index in [4.69, 9.17) is 4.42 Å². The van der Waals surface area contributed by atoms with Crippen LogP contribution in [0, 0.1) is 5.92 Å². The quantitative estimate of drug-likeness (QED) is 0.806. The van der Waals surface area contributed by atoms with Crippen LogP contribution in [-0.2, 0) is 13.1 Å². The summed E-state index contributed by atoms with van der Waals surface area (Å²) in [5.74, 6) is 2.11. The molecule has 1 aliphatic heterocycles. The minimum Gasteiger partial charge on any atom is -0.468 e. The molecule has 20 heavy (non-hydrogen) atoms. The minimum atomic E-state index is 0.843. The summed E-state index contributed by atoms with van der Waals surface area (Å²) in [6.07, 6.45) is 10.2. The number of fused-ring (bicyclic) bond motifs is 1. The van der Waals surface area contributed by atoms with Gasteiger partial charge in [0, 0.05) is 18.2 Å². The van der Waals surface area contributed by atoms with E-state index in [2.05, 4.69) is 23.2 Å². The van der Waals surface area contributed by atoms with E-state index < -0.39 is 0 Å². The maximum absolute atomic E-state index is 5.67. The molecule has 0 radical (unpaired) electrons. The van der Waals surface area contributed by atoms with Gasteiger partial charge in [-0.2, -0.15) is 0 Å². The first kappa shape index (κ1) is 14.2. The standard InChI is InChI=1S/C17H28N2O/c1-2-9-18-12-17-15(8-11-20-17)13-19-10-4-6-14-5-3-7-16(14)19/h8,11,14,16,18H,2-7,9-10,12-13H2,1H3. The first-order chi connectivity index (χ1) is 9.88. The molecule has 0 aromatic carbocycles. The van der Waals surface area contributed by atoms with Crippen LogP contribution < -0.4 is 5.32 Å². The lowest BCUT2D eigenvalue weighted by molar-refractivity contribution is 0.105. The van der Waals surface area contributed by atoms with Crippen molar-refractivity contribution in [3.63, 3.8) is 0 Å². The van der Waals surface area contributed by atoms with E-state index in [-0.39, 0.29) is 0 Å². The molecule has 3 nitrogen and oxygen atoms in total. The summed E-state index contributed by atoms with van der Waals surface area (Å²) in [7, 11) is 0. The van der Waals surface area contributed by atoms with Crippen molar-refractivity contribution in [3.8, 4) is 0 Å². The number of piperidine rings is 1. The lowest BCUT2D eigenvalue weighted by Crippen LogP contribution is -2.42. The molecule has 2 aliphatic rings. The van der Waals surface area contributed by atoms with Crippen molar-refractivity contribution in [2.45, 2.75) is 64.6 Å². The molecule has 1 aromatic heterocycles. The number of rotatable bonds is 6. The third-order valence-corrected chi connectivity index (χ3v) is 5.03. The predicted molar refractivity (Wildman–Crippen MR) is 81.5 cm³/mol. The number of nitrogens with zero attached hydrogens (tertiary/aromatic N) is 1. The molecular weight excluding hydrogens is 248 g/mol. The maximum Gasteiger partial charge on any atom is 0.122 e. The monoisotopic (exact) mass is 276 g/mol. The van der Waals surface area contributed by atoms with E-state index in [9.17, 15) is 0 Å². The summed E-state index contributed by atoms with van der Waals surface area (Å²) in [6, 6.07) is 3.01. The lowest BCUT2D eigenvalue weighted by Gasteiger charge is -2.37. The zero-order chi connectivity index (χ0) is 13.8. The highest BCUT2D eigenvalue weighted by atomic mass is 16.3. The Morgan fingerprint density at radius 1 is 1.30 bits per heavy atom. The highest BCUT2D eigenvalue weighted by molar-refractivity contribution is 5.17. The van der Waals surface area contributed by atoms with Gasteiger partial charge in [-0.25, -0.2) is 0 Å². The topological polar surface area (TPSA) is 28.4 Å². The molecule has 2 fully saturated rings. The van der Waals surface area contributed by atoms with E-state index in [1.165, 1.54) is 50.6 Å². The number of nitrogens with one attached hydrogen (secondary N) is 1. The van der Waals surface area contributed by atoms with Crippen LogP contribution in [0.25, 0.3) is 0 Å². The van der Waals surface area contributed by atoms with E-state index >= 15 is 0 Å². The molecule has 3 heteroatoms. The SMILES string of the molecule is CCCNCc1occc1CN1CCCC2CCCC21. The Labute approximate surface area is 122 Å². The summed E-state index contributed by atoms with van der Waals surface area (Å²) in [4.78, 5) is 2.72. The van der Waals surface area contributed by atoms with Gasteiger partial charge in [0.15, 0.2) is 0 Å². The molecule has 0 spiro atoms. The van der Waals surface area contributed by atoms with Crippen LogP contribution in [-0.4, -0.2) is 24.0 Å². The number of likely N-dealkylation sites (tertiary alicyclic amines) is 1.